The number of carbonyl (C=O) groups is 1. The van der Waals surface area contributed by atoms with Crippen LogP contribution >= 0.6 is 0 Å². The smallest absolute Gasteiger partial charge is 0.168 e. The summed E-state index contributed by atoms with van der Waals surface area (Å²) in [5.74, 6) is 0.213. The molecule has 2 rings (SSSR count). The summed E-state index contributed by atoms with van der Waals surface area (Å²) < 4.78 is 0. The van der Waals surface area contributed by atoms with E-state index in [2.05, 4.69) is 17.0 Å². The Labute approximate surface area is 104 Å². The highest BCUT2D eigenvalue weighted by Crippen LogP contribution is 2.24. The highest BCUT2D eigenvalue weighted by molar-refractivity contribution is 6.00. The molecule has 0 spiro atoms. The van der Waals surface area contributed by atoms with Crippen LogP contribution in [0.2, 0.25) is 0 Å². The standard InChI is InChI=1S/C15H21NO/c1-15(2,3)14(17)12-6-8-13(9-7-12)16-10-4-5-11-16/h6-9H,4-5,10-11H2,1-3H3. The molecular weight excluding hydrogens is 210 g/mol. The van der Waals surface area contributed by atoms with Crippen LogP contribution in [0.4, 0.5) is 5.69 Å². The van der Waals surface area contributed by atoms with E-state index in [1.807, 2.05) is 32.9 Å². The average molecular weight is 231 g/mol. The fourth-order valence-electron chi connectivity index (χ4n) is 2.23. The third-order valence-corrected chi connectivity index (χ3v) is 3.28. The number of Topliss-reactive ketones (excluding diaryl/α,β-unsaturated/α-hetero) is 1. The van der Waals surface area contributed by atoms with Crippen LogP contribution in [0.1, 0.15) is 44.0 Å². The van der Waals surface area contributed by atoms with E-state index in [1.54, 1.807) is 0 Å². The molecule has 0 atom stereocenters. The number of carbonyl (C=O) groups excluding carboxylic acids is 1. The van der Waals surface area contributed by atoms with E-state index in [4.69, 9.17) is 0 Å². The molecule has 0 N–H and O–H groups in total. The maximum atomic E-state index is 12.1. The maximum Gasteiger partial charge on any atom is 0.168 e. The third-order valence-electron chi connectivity index (χ3n) is 3.28. The lowest BCUT2D eigenvalue weighted by atomic mass is 9.86. The van der Waals surface area contributed by atoms with E-state index in [0.717, 1.165) is 18.7 Å². The zero-order chi connectivity index (χ0) is 12.5. The normalized spacial score (nSPS) is 16.3. The Bertz CT molecular complexity index is 394. The second-order valence-corrected chi connectivity index (χ2v) is 5.82. The number of hydrogen-bond donors (Lipinski definition) is 0. The first kappa shape index (κ1) is 12.2. The first-order valence-electron chi connectivity index (χ1n) is 6.38. The zero-order valence-electron chi connectivity index (χ0n) is 11.0. The molecule has 92 valence electrons. The van der Waals surface area contributed by atoms with Crippen molar-refractivity contribution in [3.8, 4) is 0 Å². The Balaban J connectivity index is 2.15. The largest absolute Gasteiger partial charge is 0.372 e. The van der Waals surface area contributed by atoms with Crippen molar-refractivity contribution in [2.45, 2.75) is 33.6 Å². The van der Waals surface area contributed by atoms with E-state index in [-0.39, 0.29) is 11.2 Å². The molecule has 1 fully saturated rings. The van der Waals surface area contributed by atoms with E-state index < -0.39 is 0 Å². The highest BCUT2D eigenvalue weighted by Gasteiger charge is 2.23. The van der Waals surface area contributed by atoms with Crippen LogP contribution in [0.5, 0.6) is 0 Å². The quantitative estimate of drug-likeness (QED) is 0.726. The summed E-state index contributed by atoms with van der Waals surface area (Å²) in [4.78, 5) is 14.5. The van der Waals surface area contributed by atoms with E-state index in [9.17, 15) is 4.79 Å². The van der Waals surface area contributed by atoms with Gasteiger partial charge in [-0.3, -0.25) is 4.79 Å². The fraction of sp³-hybridized carbons (Fsp3) is 0.533. The second kappa shape index (κ2) is 4.52. The molecule has 2 heteroatoms. The van der Waals surface area contributed by atoms with Crippen molar-refractivity contribution < 1.29 is 4.79 Å². The lowest BCUT2D eigenvalue weighted by Gasteiger charge is -2.19. The summed E-state index contributed by atoms with van der Waals surface area (Å²) in [6, 6.07) is 8.07. The van der Waals surface area contributed by atoms with E-state index in [0.29, 0.717) is 0 Å². The summed E-state index contributed by atoms with van der Waals surface area (Å²) in [7, 11) is 0. The number of benzene rings is 1. The lowest BCUT2D eigenvalue weighted by molar-refractivity contribution is 0.0858. The average Bonchev–Trinajstić information content (AvgIpc) is 2.80. The van der Waals surface area contributed by atoms with Gasteiger partial charge in [-0.25, -0.2) is 0 Å². The first-order valence-corrected chi connectivity index (χ1v) is 6.38. The Morgan fingerprint density at radius 2 is 1.59 bits per heavy atom. The van der Waals surface area contributed by atoms with Gasteiger partial charge in [0.1, 0.15) is 0 Å². The monoisotopic (exact) mass is 231 g/mol. The van der Waals surface area contributed by atoms with E-state index in [1.165, 1.54) is 18.5 Å². The van der Waals surface area contributed by atoms with Crippen LogP contribution in [0.3, 0.4) is 0 Å². The molecule has 1 heterocycles. The molecule has 1 aliphatic rings. The van der Waals surface area contributed by atoms with Crippen LogP contribution in [-0.4, -0.2) is 18.9 Å². The second-order valence-electron chi connectivity index (χ2n) is 5.82. The minimum Gasteiger partial charge on any atom is -0.372 e. The molecule has 1 aromatic rings. The molecule has 0 unspecified atom stereocenters. The Kier molecular flexibility index (Phi) is 3.23. The van der Waals surface area contributed by atoms with Crippen LogP contribution in [0.25, 0.3) is 0 Å². The number of rotatable bonds is 2. The summed E-state index contributed by atoms with van der Waals surface area (Å²) in [6.45, 7) is 8.18. The summed E-state index contributed by atoms with van der Waals surface area (Å²) in [5, 5.41) is 0. The van der Waals surface area contributed by atoms with Gasteiger partial charge in [0, 0.05) is 29.8 Å². The molecular formula is C15H21NO. The minimum absolute atomic E-state index is 0.213. The Morgan fingerprint density at radius 1 is 1.06 bits per heavy atom. The van der Waals surface area contributed by atoms with Gasteiger partial charge in [-0.1, -0.05) is 20.8 Å². The molecule has 0 aromatic heterocycles. The zero-order valence-corrected chi connectivity index (χ0v) is 11.0. The van der Waals surface area contributed by atoms with Gasteiger partial charge < -0.3 is 4.90 Å². The van der Waals surface area contributed by atoms with Crippen molar-refractivity contribution in [3.63, 3.8) is 0 Å². The molecule has 1 aromatic carbocycles. The number of nitrogens with zero attached hydrogens (tertiary/aromatic N) is 1. The van der Waals surface area contributed by atoms with Gasteiger partial charge in [0.05, 0.1) is 0 Å². The Morgan fingerprint density at radius 3 is 2.06 bits per heavy atom. The third kappa shape index (κ3) is 2.68. The number of anilines is 1. The molecule has 0 aliphatic carbocycles. The number of ketones is 1. The summed E-state index contributed by atoms with van der Waals surface area (Å²) in [6.07, 6.45) is 2.56. The van der Waals surface area contributed by atoms with Gasteiger partial charge in [-0.05, 0) is 37.1 Å². The molecule has 0 saturated carbocycles. The van der Waals surface area contributed by atoms with Crippen LogP contribution in [0, 0.1) is 5.41 Å². The van der Waals surface area contributed by atoms with E-state index >= 15 is 0 Å². The van der Waals surface area contributed by atoms with Gasteiger partial charge >= 0.3 is 0 Å². The van der Waals surface area contributed by atoms with Crippen molar-refractivity contribution in [2.75, 3.05) is 18.0 Å². The fourth-order valence-corrected chi connectivity index (χ4v) is 2.23. The van der Waals surface area contributed by atoms with Crippen LogP contribution < -0.4 is 4.90 Å². The summed E-state index contributed by atoms with van der Waals surface area (Å²) >= 11 is 0. The maximum absolute atomic E-state index is 12.1. The molecule has 1 aliphatic heterocycles. The molecule has 0 amide bonds. The van der Waals surface area contributed by atoms with Gasteiger partial charge in [0.15, 0.2) is 5.78 Å². The van der Waals surface area contributed by atoms with Crippen molar-refractivity contribution in [1.82, 2.24) is 0 Å². The predicted octanol–water partition coefficient (Wildman–Crippen LogP) is 3.52. The van der Waals surface area contributed by atoms with Crippen molar-refractivity contribution in [3.05, 3.63) is 29.8 Å². The highest BCUT2D eigenvalue weighted by atomic mass is 16.1. The van der Waals surface area contributed by atoms with Gasteiger partial charge in [-0.2, -0.15) is 0 Å². The van der Waals surface area contributed by atoms with Gasteiger partial charge in [0.2, 0.25) is 0 Å². The molecule has 0 bridgehead atoms. The topological polar surface area (TPSA) is 20.3 Å². The van der Waals surface area contributed by atoms with Crippen LogP contribution in [0.15, 0.2) is 24.3 Å². The predicted molar refractivity (Wildman–Crippen MR) is 71.7 cm³/mol. The molecule has 17 heavy (non-hydrogen) atoms. The summed E-state index contributed by atoms with van der Waals surface area (Å²) in [5.41, 5.74) is 1.77. The first-order chi connectivity index (χ1) is 7.98. The SMILES string of the molecule is CC(C)(C)C(=O)c1ccc(N2CCCC2)cc1. The lowest BCUT2D eigenvalue weighted by Crippen LogP contribution is -2.21. The molecule has 0 radical (unpaired) electrons. The minimum atomic E-state index is -0.296. The number of hydrogen-bond acceptors (Lipinski definition) is 2. The van der Waals surface area contributed by atoms with Crippen LogP contribution in [-0.2, 0) is 0 Å². The Hall–Kier alpha value is -1.31. The van der Waals surface area contributed by atoms with Crippen molar-refractivity contribution in [1.29, 1.82) is 0 Å². The van der Waals surface area contributed by atoms with Gasteiger partial charge in [-0.15, -0.1) is 0 Å². The van der Waals surface area contributed by atoms with Gasteiger partial charge in [0.25, 0.3) is 0 Å². The van der Waals surface area contributed by atoms with Crippen molar-refractivity contribution in [2.24, 2.45) is 5.41 Å². The molecule has 1 saturated heterocycles. The van der Waals surface area contributed by atoms with Crippen molar-refractivity contribution >= 4 is 11.5 Å². The molecule has 2 nitrogen and oxygen atoms in total.